The Bertz CT molecular complexity index is 1090. The van der Waals surface area contributed by atoms with Gasteiger partial charge in [0.2, 0.25) is 15.9 Å². The maximum atomic E-state index is 12.9. The molecular formula is C22H28N4O5S2. The molecule has 0 spiro atoms. The number of anilines is 1. The first-order chi connectivity index (χ1) is 15.8. The second-order valence-corrected chi connectivity index (χ2v) is 11.0. The minimum Gasteiger partial charge on any atom is -0.379 e. The van der Waals surface area contributed by atoms with Gasteiger partial charge in [-0.25, -0.2) is 8.42 Å². The highest BCUT2D eigenvalue weighted by atomic mass is 32.2. The first kappa shape index (κ1) is 23.8. The zero-order valence-corrected chi connectivity index (χ0v) is 20.2. The van der Waals surface area contributed by atoms with Crippen LogP contribution < -0.4 is 5.32 Å². The van der Waals surface area contributed by atoms with Gasteiger partial charge >= 0.3 is 0 Å². The molecular weight excluding hydrogens is 464 g/mol. The van der Waals surface area contributed by atoms with Crippen LogP contribution in [0.1, 0.15) is 15.2 Å². The number of aryl methyl sites for hydroxylation is 1. The van der Waals surface area contributed by atoms with Crippen molar-refractivity contribution in [2.24, 2.45) is 0 Å². The van der Waals surface area contributed by atoms with Gasteiger partial charge in [-0.3, -0.25) is 14.5 Å². The first-order valence-electron chi connectivity index (χ1n) is 10.9. The lowest BCUT2D eigenvalue weighted by Crippen LogP contribution is -2.50. The summed E-state index contributed by atoms with van der Waals surface area (Å²) >= 11 is 1.43. The van der Waals surface area contributed by atoms with Crippen molar-refractivity contribution in [2.75, 3.05) is 64.3 Å². The topological polar surface area (TPSA) is 99.3 Å². The number of carbonyl (C=O) groups is 2. The summed E-state index contributed by atoms with van der Waals surface area (Å²) in [4.78, 5) is 29.9. The summed E-state index contributed by atoms with van der Waals surface area (Å²) in [7, 11) is -3.64. The van der Waals surface area contributed by atoms with Crippen LogP contribution in [-0.4, -0.2) is 93.4 Å². The van der Waals surface area contributed by atoms with Crippen molar-refractivity contribution in [1.82, 2.24) is 14.1 Å². The molecule has 1 aromatic heterocycles. The summed E-state index contributed by atoms with van der Waals surface area (Å²) < 4.78 is 32.5. The van der Waals surface area contributed by atoms with Gasteiger partial charge in [-0.15, -0.1) is 11.3 Å². The van der Waals surface area contributed by atoms with Gasteiger partial charge in [-0.1, -0.05) is 12.1 Å². The molecule has 2 fully saturated rings. The number of morpholine rings is 1. The third-order valence-corrected chi connectivity index (χ3v) is 8.60. The molecule has 0 saturated carbocycles. The van der Waals surface area contributed by atoms with Gasteiger partial charge in [0, 0.05) is 45.0 Å². The van der Waals surface area contributed by atoms with Crippen molar-refractivity contribution in [1.29, 1.82) is 0 Å². The SMILES string of the molecule is Cc1ccc(S(=O)(=O)N2CCOCC2)cc1NC(=O)CN1CCN(C(=O)c2cccs2)CC1. The molecule has 1 aromatic carbocycles. The van der Waals surface area contributed by atoms with E-state index in [1.54, 1.807) is 12.1 Å². The van der Waals surface area contributed by atoms with Gasteiger partial charge in [0.15, 0.2) is 0 Å². The summed E-state index contributed by atoms with van der Waals surface area (Å²) in [5.74, 6) is -0.180. The number of rotatable bonds is 6. The van der Waals surface area contributed by atoms with Gasteiger partial charge in [0.25, 0.3) is 5.91 Å². The van der Waals surface area contributed by atoms with Crippen LogP contribution >= 0.6 is 11.3 Å². The maximum absolute atomic E-state index is 12.9. The summed E-state index contributed by atoms with van der Waals surface area (Å²) in [6.45, 7) is 5.74. The van der Waals surface area contributed by atoms with Gasteiger partial charge < -0.3 is 15.0 Å². The Morgan fingerprint density at radius 2 is 1.79 bits per heavy atom. The van der Waals surface area contributed by atoms with E-state index in [1.807, 2.05) is 34.2 Å². The van der Waals surface area contributed by atoms with Crippen LogP contribution in [0.2, 0.25) is 0 Å². The lowest BCUT2D eigenvalue weighted by molar-refractivity contribution is -0.117. The lowest BCUT2D eigenvalue weighted by Gasteiger charge is -2.34. The average Bonchev–Trinajstić information content (AvgIpc) is 3.36. The summed E-state index contributed by atoms with van der Waals surface area (Å²) in [5.41, 5.74) is 1.27. The Morgan fingerprint density at radius 3 is 2.45 bits per heavy atom. The van der Waals surface area contributed by atoms with Crippen molar-refractivity contribution >= 4 is 38.9 Å². The lowest BCUT2D eigenvalue weighted by atomic mass is 10.2. The predicted octanol–water partition coefficient (Wildman–Crippen LogP) is 1.47. The molecule has 9 nitrogen and oxygen atoms in total. The molecule has 2 aliphatic rings. The van der Waals surface area contributed by atoms with Crippen LogP contribution in [0.5, 0.6) is 0 Å². The average molecular weight is 493 g/mol. The molecule has 0 atom stereocenters. The van der Waals surface area contributed by atoms with E-state index >= 15 is 0 Å². The number of hydrogen-bond acceptors (Lipinski definition) is 7. The van der Waals surface area contributed by atoms with Gasteiger partial charge in [0.1, 0.15) is 0 Å². The monoisotopic (exact) mass is 492 g/mol. The van der Waals surface area contributed by atoms with Gasteiger partial charge in [-0.2, -0.15) is 4.31 Å². The molecule has 0 radical (unpaired) electrons. The Hall–Kier alpha value is -2.31. The van der Waals surface area contributed by atoms with Crippen LogP contribution in [0, 0.1) is 6.92 Å². The molecule has 11 heteroatoms. The largest absolute Gasteiger partial charge is 0.379 e. The van der Waals surface area contributed by atoms with Crippen molar-refractivity contribution in [2.45, 2.75) is 11.8 Å². The number of amides is 2. The Labute approximate surface area is 198 Å². The predicted molar refractivity (Wildman–Crippen MR) is 126 cm³/mol. The van der Waals surface area contributed by atoms with Crippen molar-refractivity contribution < 1.29 is 22.7 Å². The van der Waals surface area contributed by atoms with Crippen LogP contribution in [0.15, 0.2) is 40.6 Å². The highest BCUT2D eigenvalue weighted by Gasteiger charge is 2.27. The fourth-order valence-electron chi connectivity index (χ4n) is 3.89. The Morgan fingerprint density at radius 1 is 1.06 bits per heavy atom. The molecule has 33 heavy (non-hydrogen) atoms. The number of benzene rings is 1. The minimum atomic E-state index is -3.64. The molecule has 4 rings (SSSR count). The molecule has 0 aliphatic carbocycles. The number of carbonyl (C=O) groups excluding carboxylic acids is 2. The highest BCUT2D eigenvalue weighted by Crippen LogP contribution is 2.24. The number of sulfonamides is 1. The zero-order chi connectivity index (χ0) is 23.4. The normalized spacial score (nSPS) is 18.3. The fourth-order valence-corrected chi connectivity index (χ4v) is 6.02. The molecule has 3 heterocycles. The molecule has 178 valence electrons. The number of hydrogen-bond donors (Lipinski definition) is 1. The van der Waals surface area contributed by atoms with E-state index in [-0.39, 0.29) is 23.3 Å². The number of piperazine rings is 1. The minimum absolute atomic E-state index is 0.0306. The highest BCUT2D eigenvalue weighted by molar-refractivity contribution is 7.89. The van der Waals surface area contributed by atoms with Crippen LogP contribution in [-0.2, 0) is 19.6 Å². The standard InChI is InChI=1S/C22H28N4O5S2/c1-17-4-5-18(33(29,30)26-10-12-31-13-11-26)15-19(17)23-21(27)16-24-6-8-25(9-7-24)22(28)20-3-2-14-32-20/h2-5,14-15H,6-13,16H2,1H3,(H,23,27). The molecule has 1 N–H and O–H groups in total. The third-order valence-electron chi connectivity index (χ3n) is 5.85. The van der Waals surface area contributed by atoms with Crippen LogP contribution in [0.4, 0.5) is 5.69 Å². The Balaban J connectivity index is 1.34. The van der Waals surface area contributed by atoms with E-state index in [9.17, 15) is 18.0 Å². The number of nitrogens with one attached hydrogen (secondary N) is 1. The first-order valence-corrected chi connectivity index (χ1v) is 13.2. The van der Waals surface area contributed by atoms with Crippen molar-refractivity contribution in [3.63, 3.8) is 0 Å². The molecule has 0 unspecified atom stereocenters. The molecule has 2 saturated heterocycles. The molecule has 2 aromatic rings. The van der Waals surface area contributed by atoms with E-state index in [0.29, 0.717) is 58.2 Å². The summed E-state index contributed by atoms with van der Waals surface area (Å²) in [5, 5.41) is 4.75. The second kappa shape index (κ2) is 10.3. The quantitative estimate of drug-likeness (QED) is 0.656. The van der Waals surface area contributed by atoms with E-state index in [2.05, 4.69) is 5.32 Å². The van der Waals surface area contributed by atoms with Crippen molar-refractivity contribution in [3.05, 3.63) is 46.2 Å². The van der Waals surface area contributed by atoms with Crippen LogP contribution in [0.3, 0.4) is 0 Å². The number of thiophene rings is 1. The summed E-state index contributed by atoms with van der Waals surface area (Å²) in [6, 6.07) is 8.48. The molecule has 2 aliphatic heterocycles. The number of nitrogens with zero attached hydrogens (tertiary/aromatic N) is 3. The van der Waals surface area contributed by atoms with Gasteiger partial charge in [-0.05, 0) is 36.1 Å². The van der Waals surface area contributed by atoms with E-state index in [4.69, 9.17) is 4.74 Å². The summed E-state index contributed by atoms with van der Waals surface area (Å²) in [6.07, 6.45) is 0. The van der Waals surface area contributed by atoms with E-state index < -0.39 is 10.0 Å². The molecule has 0 bridgehead atoms. The maximum Gasteiger partial charge on any atom is 0.264 e. The molecule has 2 amide bonds. The van der Waals surface area contributed by atoms with Crippen molar-refractivity contribution in [3.8, 4) is 0 Å². The Kier molecular flexibility index (Phi) is 7.45. The van der Waals surface area contributed by atoms with Gasteiger partial charge in [0.05, 0.1) is 29.5 Å². The van der Waals surface area contributed by atoms with Crippen LogP contribution in [0.25, 0.3) is 0 Å². The van der Waals surface area contributed by atoms with E-state index in [0.717, 1.165) is 10.4 Å². The number of ether oxygens (including phenoxy) is 1. The second-order valence-electron chi connectivity index (χ2n) is 8.09. The third kappa shape index (κ3) is 5.61. The smallest absolute Gasteiger partial charge is 0.264 e. The van der Waals surface area contributed by atoms with E-state index in [1.165, 1.54) is 21.7 Å². The zero-order valence-electron chi connectivity index (χ0n) is 18.5. The fraction of sp³-hybridized carbons (Fsp3) is 0.455.